The summed E-state index contributed by atoms with van der Waals surface area (Å²) in [5.41, 5.74) is 0.949. The van der Waals surface area contributed by atoms with Crippen LogP contribution in [0.25, 0.3) is 0 Å². The molecule has 0 spiro atoms. The Morgan fingerprint density at radius 3 is 2.39 bits per heavy atom. The lowest BCUT2D eigenvalue weighted by molar-refractivity contribution is 0.0693. The van der Waals surface area contributed by atoms with Gasteiger partial charge in [-0.1, -0.05) is 0 Å². The van der Waals surface area contributed by atoms with Gasteiger partial charge in [-0.3, -0.25) is 14.5 Å². The summed E-state index contributed by atoms with van der Waals surface area (Å²) in [7, 11) is 1.39. The molecule has 4 nitrogen and oxygen atoms in total. The number of halogens is 2. The summed E-state index contributed by atoms with van der Waals surface area (Å²) in [5, 5.41) is 2.59. The first-order valence-electron chi connectivity index (χ1n) is 5.43. The zero-order chi connectivity index (χ0) is 13.4. The van der Waals surface area contributed by atoms with E-state index in [1.807, 2.05) is 0 Å². The van der Waals surface area contributed by atoms with Crippen LogP contribution in [0, 0.1) is 0 Å². The quantitative estimate of drug-likeness (QED) is 0.839. The molecule has 1 aromatic rings. The van der Waals surface area contributed by atoms with Gasteiger partial charge < -0.3 is 5.32 Å². The summed E-state index contributed by atoms with van der Waals surface area (Å²) in [6.07, 6.45) is -2.50. The summed E-state index contributed by atoms with van der Waals surface area (Å²) in [4.78, 5) is 24.3. The van der Waals surface area contributed by atoms with Gasteiger partial charge in [0.2, 0.25) is 0 Å². The standard InChI is InChI=1S/C12H12F2N2O2/c1-6(10(13)14)15-7-3-4-8-9(5-7)12(18)16(2)11(8)17/h3-6,10,15H,1-2H3. The third-order valence-corrected chi connectivity index (χ3v) is 2.86. The highest BCUT2D eigenvalue weighted by molar-refractivity contribution is 6.21. The fraction of sp³-hybridized carbons (Fsp3) is 0.333. The highest BCUT2D eigenvalue weighted by Crippen LogP contribution is 2.25. The van der Waals surface area contributed by atoms with E-state index in [9.17, 15) is 18.4 Å². The van der Waals surface area contributed by atoms with Crippen molar-refractivity contribution in [1.82, 2.24) is 4.90 Å². The molecule has 1 aromatic carbocycles. The minimum atomic E-state index is -2.50. The molecule has 0 fully saturated rings. The van der Waals surface area contributed by atoms with E-state index in [-0.39, 0.29) is 11.5 Å². The van der Waals surface area contributed by atoms with E-state index >= 15 is 0 Å². The topological polar surface area (TPSA) is 49.4 Å². The van der Waals surface area contributed by atoms with Gasteiger partial charge in [0.1, 0.15) is 0 Å². The van der Waals surface area contributed by atoms with Gasteiger partial charge in [-0.2, -0.15) is 0 Å². The van der Waals surface area contributed by atoms with Gasteiger partial charge in [-0.05, 0) is 25.1 Å². The van der Waals surface area contributed by atoms with Gasteiger partial charge in [-0.25, -0.2) is 8.78 Å². The van der Waals surface area contributed by atoms with E-state index < -0.39 is 18.4 Å². The summed E-state index contributed by atoms with van der Waals surface area (Å²) >= 11 is 0. The second kappa shape index (κ2) is 4.36. The van der Waals surface area contributed by atoms with Crippen molar-refractivity contribution in [3.05, 3.63) is 29.3 Å². The first kappa shape index (κ1) is 12.5. The third-order valence-electron chi connectivity index (χ3n) is 2.86. The molecule has 2 amide bonds. The second-order valence-corrected chi connectivity index (χ2v) is 4.20. The van der Waals surface area contributed by atoms with Gasteiger partial charge in [-0.15, -0.1) is 0 Å². The van der Waals surface area contributed by atoms with Crippen molar-refractivity contribution in [2.75, 3.05) is 12.4 Å². The number of nitrogens with one attached hydrogen (secondary N) is 1. The average molecular weight is 254 g/mol. The first-order valence-corrected chi connectivity index (χ1v) is 5.43. The number of fused-ring (bicyclic) bond motifs is 1. The number of benzene rings is 1. The monoisotopic (exact) mass is 254 g/mol. The number of carbonyl (C=O) groups is 2. The number of carbonyl (C=O) groups excluding carboxylic acids is 2. The van der Waals surface area contributed by atoms with Crippen LogP contribution in [0.3, 0.4) is 0 Å². The molecule has 1 N–H and O–H groups in total. The average Bonchev–Trinajstić information content (AvgIpc) is 2.54. The van der Waals surface area contributed by atoms with Crippen LogP contribution in [-0.2, 0) is 0 Å². The Morgan fingerprint density at radius 1 is 1.17 bits per heavy atom. The van der Waals surface area contributed by atoms with Gasteiger partial charge in [0.25, 0.3) is 18.2 Å². The molecule has 1 aliphatic rings. The molecule has 1 atom stereocenters. The Hall–Kier alpha value is -1.98. The fourth-order valence-corrected chi connectivity index (χ4v) is 1.78. The van der Waals surface area contributed by atoms with Crippen LogP contribution < -0.4 is 5.32 Å². The van der Waals surface area contributed by atoms with Crippen molar-refractivity contribution in [3.8, 4) is 0 Å². The molecule has 0 radical (unpaired) electrons. The maximum atomic E-state index is 12.4. The predicted molar refractivity (Wildman–Crippen MR) is 62.0 cm³/mol. The largest absolute Gasteiger partial charge is 0.377 e. The van der Waals surface area contributed by atoms with Gasteiger partial charge in [0.15, 0.2) is 0 Å². The number of nitrogens with zero attached hydrogens (tertiary/aromatic N) is 1. The van der Waals surface area contributed by atoms with Gasteiger partial charge in [0.05, 0.1) is 17.2 Å². The molecule has 0 saturated carbocycles. The van der Waals surface area contributed by atoms with Crippen LogP contribution in [0.4, 0.5) is 14.5 Å². The lowest BCUT2D eigenvalue weighted by Crippen LogP contribution is -2.24. The third kappa shape index (κ3) is 1.94. The molecule has 96 valence electrons. The van der Waals surface area contributed by atoms with E-state index in [4.69, 9.17) is 0 Å². The first-order chi connectivity index (χ1) is 8.41. The lowest BCUT2D eigenvalue weighted by Gasteiger charge is -2.14. The van der Waals surface area contributed by atoms with Crippen LogP contribution in [-0.4, -0.2) is 36.2 Å². The number of amides is 2. The van der Waals surface area contributed by atoms with E-state index in [0.29, 0.717) is 11.3 Å². The number of hydrogen-bond acceptors (Lipinski definition) is 3. The van der Waals surface area contributed by atoms with E-state index in [1.165, 1.54) is 32.2 Å². The van der Waals surface area contributed by atoms with Gasteiger partial charge in [0, 0.05) is 12.7 Å². The normalized spacial score (nSPS) is 16.2. The minimum absolute atomic E-state index is 0.244. The molecule has 1 unspecified atom stereocenters. The Kier molecular flexibility index (Phi) is 3.02. The molecule has 18 heavy (non-hydrogen) atoms. The van der Waals surface area contributed by atoms with E-state index in [0.717, 1.165) is 4.90 Å². The molecule has 0 saturated heterocycles. The predicted octanol–water partition coefficient (Wildman–Crippen LogP) is 1.98. The van der Waals surface area contributed by atoms with Crippen molar-refractivity contribution in [2.24, 2.45) is 0 Å². The molecule has 1 aliphatic heterocycles. The molecular weight excluding hydrogens is 242 g/mol. The van der Waals surface area contributed by atoms with Crippen LogP contribution in [0.2, 0.25) is 0 Å². The summed E-state index contributed by atoms with van der Waals surface area (Å²) < 4.78 is 24.8. The number of imide groups is 1. The lowest BCUT2D eigenvalue weighted by atomic mass is 10.1. The van der Waals surface area contributed by atoms with Crippen LogP contribution in [0.15, 0.2) is 18.2 Å². The molecule has 2 rings (SSSR count). The minimum Gasteiger partial charge on any atom is -0.377 e. The number of rotatable bonds is 3. The Labute approximate surface area is 103 Å². The van der Waals surface area contributed by atoms with Crippen molar-refractivity contribution in [2.45, 2.75) is 19.4 Å². The number of hydrogen-bond donors (Lipinski definition) is 1. The Balaban J connectivity index is 2.29. The SMILES string of the molecule is CC(Nc1ccc2c(c1)C(=O)N(C)C2=O)C(F)F. The number of anilines is 1. The summed E-state index contributed by atoms with van der Waals surface area (Å²) in [6, 6.07) is 3.40. The van der Waals surface area contributed by atoms with Crippen LogP contribution >= 0.6 is 0 Å². The molecule has 6 heteroatoms. The van der Waals surface area contributed by atoms with Crippen molar-refractivity contribution >= 4 is 17.5 Å². The molecule has 1 heterocycles. The zero-order valence-corrected chi connectivity index (χ0v) is 9.91. The summed E-state index contributed by atoms with van der Waals surface area (Å²) in [6.45, 7) is 1.34. The highest BCUT2D eigenvalue weighted by Gasteiger charge is 2.32. The zero-order valence-electron chi connectivity index (χ0n) is 9.91. The Morgan fingerprint density at radius 2 is 1.78 bits per heavy atom. The molecule has 0 bridgehead atoms. The van der Waals surface area contributed by atoms with E-state index in [2.05, 4.69) is 5.32 Å². The number of alkyl halides is 2. The summed E-state index contributed by atoms with van der Waals surface area (Å²) in [5.74, 6) is -0.785. The molecular formula is C12H12F2N2O2. The second-order valence-electron chi connectivity index (χ2n) is 4.20. The Bertz CT molecular complexity index is 517. The highest BCUT2D eigenvalue weighted by atomic mass is 19.3. The fourth-order valence-electron chi connectivity index (χ4n) is 1.78. The smallest absolute Gasteiger partial charge is 0.261 e. The van der Waals surface area contributed by atoms with E-state index in [1.54, 1.807) is 0 Å². The maximum Gasteiger partial charge on any atom is 0.261 e. The van der Waals surface area contributed by atoms with Crippen molar-refractivity contribution < 1.29 is 18.4 Å². The maximum absolute atomic E-state index is 12.4. The van der Waals surface area contributed by atoms with Crippen LogP contribution in [0.1, 0.15) is 27.6 Å². The van der Waals surface area contributed by atoms with Gasteiger partial charge >= 0.3 is 0 Å². The van der Waals surface area contributed by atoms with Crippen molar-refractivity contribution in [3.63, 3.8) is 0 Å². The van der Waals surface area contributed by atoms with Crippen LogP contribution in [0.5, 0.6) is 0 Å². The van der Waals surface area contributed by atoms with Crippen molar-refractivity contribution in [1.29, 1.82) is 0 Å². The molecule has 0 aromatic heterocycles. The molecule has 0 aliphatic carbocycles.